The number of aliphatic imine (C=N–C) groups is 1. The fraction of sp³-hybridized carbons (Fsp3) is 0.200. The van der Waals surface area contributed by atoms with E-state index in [1.165, 1.54) is 18.2 Å². The number of benzene rings is 1. The van der Waals surface area contributed by atoms with Crippen molar-refractivity contribution in [3.05, 3.63) is 35.4 Å². The summed E-state index contributed by atoms with van der Waals surface area (Å²) in [6.07, 6.45) is -4.85. The summed E-state index contributed by atoms with van der Waals surface area (Å²) in [5, 5.41) is 7.51. The van der Waals surface area contributed by atoms with E-state index >= 15 is 0 Å². The molecule has 104 valence electrons. The third-order valence-electron chi connectivity index (χ3n) is 2.03. The van der Waals surface area contributed by atoms with E-state index in [1.807, 2.05) is 0 Å². The summed E-state index contributed by atoms with van der Waals surface area (Å²) in [4.78, 5) is 17.5. The van der Waals surface area contributed by atoms with Crippen molar-refractivity contribution in [3.8, 4) is 0 Å². The molecule has 0 spiro atoms. The van der Waals surface area contributed by atoms with Crippen molar-refractivity contribution in [1.82, 2.24) is 0 Å². The molecule has 3 N–H and O–H groups in total. The van der Waals surface area contributed by atoms with E-state index in [-0.39, 0.29) is 11.1 Å². The number of nitrogens with zero attached hydrogens (tertiary/aromatic N) is 1. The van der Waals surface area contributed by atoms with Gasteiger partial charge in [0.1, 0.15) is 5.37 Å². The number of nitrogens with two attached hydrogens (primary N) is 1. The first-order valence-corrected chi connectivity index (χ1v) is 5.30. The van der Waals surface area contributed by atoms with Gasteiger partial charge in [-0.2, -0.15) is 19.1 Å². The number of alkyl halides is 3. The van der Waals surface area contributed by atoms with Crippen molar-refractivity contribution in [2.45, 2.75) is 11.6 Å². The third-order valence-corrected chi connectivity index (χ3v) is 2.44. The van der Waals surface area contributed by atoms with Gasteiger partial charge in [0.05, 0.1) is 5.56 Å². The second kappa shape index (κ2) is 5.93. The van der Waals surface area contributed by atoms with Gasteiger partial charge >= 0.3 is 18.0 Å². The summed E-state index contributed by atoms with van der Waals surface area (Å²) in [5.74, 6) is 1.63. The van der Waals surface area contributed by atoms with Crippen LogP contribution in [0.15, 0.2) is 29.3 Å². The Balaban J connectivity index is 3.06. The molecule has 1 aromatic carbocycles. The first-order valence-electron chi connectivity index (χ1n) is 4.78. The Kier molecular flexibility index (Phi) is 4.78. The summed E-state index contributed by atoms with van der Waals surface area (Å²) in [6.45, 7) is 0. The van der Waals surface area contributed by atoms with Crippen LogP contribution < -0.4 is 5.90 Å². The molecule has 9 heteroatoms. The zero-order valence-electron chi connectivity index (χ0n) is 9.26. The zero-order chi connectivity index (χ0) is 14.6. The van der Waals surface area contributed by atoms with Crippen molar-refractivity contribution < 1.29 is 27.9 Å². The molecule has 0 radical (unpaired) electrons. The molecule has 0 saturated carbocycles. The number of carboxylic acid groups (broad SMARTS) is 1. The van der Waals surface area contributed by atoms with Gasteiger partial charge in [-0.05, 0) is 17.7 Å². The Labute approximate surface area is 111 Å². The topological polar surface area (TPSA) is 84.9 Å². The lowest BCUT2D eigenvalue weighted by atomic mass is 10.1. The molecule has 0 aromatic heterocycles. The van der Waals surface area contributed by atoms with Gasteiger partial charge in [0.25, 0.3) is 0 Å². The Bertz CT molecular complexity index is 505. The van der Waals surface area contributed by atoms with Crippen LogP contribution in [0.2, 0.25) is 0 Å². The van der Waals surface area contributed by atoms with Crippen LogP contribution in [0.1, 0.15) is 21.3 Å². The molecule has 0 amide bonds. The molecule has 1 aromatic rings. The van der Waals surface area contributed by atoms with Gasteiger partial charge in [0, 0.05) is 0 Å². The smallest absolute Gasteiger partial charge is 0.470 e. The molecule has 5 nitrogen and oxygen atoms in total. The second-order valence-corrected chi connectivity index (χ2v) is 3.84. The highest BCUT2D eigenvalue weighted by molar-refractivity contribution is 7.80. The number of hydrogen-bond acceptors (Lipinski definition) is 5. The SMILES string of the molecule is NOC(=NC(S)c1cccc(C(=O)O)c1)C(F)(F)F. The number of carbonyl (C=O) groups is 1. The van der Waals surface area contributed by atoms with Crippen LogP contribution in [0.5, 0.6) is 0 Å². The van der Waals surface area contributed by atoms with Crippen LogP contribution in [0.3, 0.4) is 0 Å². The highest BCUT2D eigenvalue weighted by Crippen LogP contribution is 2.26. The summed E-state index contributed by atoms with van der Waals surface area (Å²) in [7, 11) is 0. The lowest BCUT2D eigenvalue weighted by Crippen LogP contribution is -2.28. The summed E-state index contributed by atoms with van der Waals surface area (Å²) in [6, 6.07) is 5.21. The van der Waals surface area contributed by atoms with E-state index < -0.39 is 23.4 Å². The van der Waals surface area contributed by atoms with Gasteiger partial charge < -0.3 is 9.94 Å². The van der Waals surface area contributed by atoms with Crippen LogP contribution in [-0.4, -0.2) is 23.1 Å². The maximum absolute atomic E-state index is 12.3. The molecule has 0 fully saturated rings. The van der Waals surface area contributed by atoms with Crippen LogP contribution in [0, 0.1) is 0 Å². The fourth-order valence-electron chi connectivity index (χ4n) is 1.19. The van der Waals surface area contributed by atoms with E-state index in [0.717, 1.165) is 6.07 Å². The maximum Gasteiger partial charge on any atom is 0.470 e. The standard InChI is InChI=1S/C10H9F3N2O3S/c11-10(12,13)9(18-14)15-7(19)5-2-1-3-6(4-5)8(16)17/h1-4,7,19H,14H2,(H,16,17). The molecule has 0 heterocycles. The average Bonchev–Trinajstić information content (AvgIpc) is 2.34. The predicted octanol–water partition coefficient (Wildman–Crippen LogP) is 2.16. The van der Waals surface area contributed by atoms with E-state index in [9.17, 15) is 18.0 Å². The summed E-state index contributed by atoms with van der Waals surface area (Å²) in [5.41, 5.74) is 0.0796. The van der Waals surface area contributed by atoms with Gasteiger partial charge in [0.2, 0.25) is 0 Å². The normalized spacial score (nSPS) is 14.1. The van der Waals surface area contributed by atoms with Crippen molar-refractivity contribution in [3.63, 3.8) is 0 Å². The average molecular weight is 294 g/mol. The molecule has 19 heavy (non-hydrogen) atoms. The zero-order valence-corrected chi connectivity index (χ0v) is 10.2. The summed E-state index contributed by atoms with van der Waals surface area (Å²) >= 11 is 3.84. The molecule has 1 unspecified atom stereocenters. The van der Waals surface area contributed by atoms with Crippen molar-refractivity contribution in [2.24, 2.45) is 10.9 Å². The minimum atomic E-state index is -4.85. The van der Waals surface area contributed by atoms with Gasteiger partial charge in [-0.1, -0.05) is 12.1 Å². The fourth-order valence-corrected chi connectivity index (χ4v) is 1.45. The van der Waals surface area contributed by atoms with Crippen molar-refractivity contribution in [1.29, 1.82) is 0 Å². The Morgan fingerprint density at radius 3 is 2.58 bits per heavy atom. The minimum absolute atomic E-state index is 0.0889. The first kappa shape index (κ1) is 15.3. The Morgan fingerprint density at radius 1 is 1.47 bits per heavy atom. The largest absolute Gasteiger partial charge is 0.478 e. The van der Waals surface area contributed by atoms with E-state index in [4.69, 9.17) is 5.11 Å². The van der Waals surface area contributed by atoms with Crippen LogP contribution in [0.4, 0.5) is 13.2 Å². The first-order chi connectivity index (χ1) is 8.75. The van der Waals surface area contributed by atoms with Crippen molar-refractivity contribution >= 4 is 24.5 Å². The molecular formula is C10H9F3N2O3S. The molecule has 0 aliphatic carbocycles. The Hall–Kier alpha value is -1.74. The number of thiol groups is 1. The molecule has 0 aliphatic heterocycles. The molecule has 0 saturated heterocycles. The monoisotopic (exact) mass is 294 g/mol. The number of rotatable bonds is 3. The lowest BCUT2D eigenvalue weighted by Gasteiger charge is -2.11. The number of hydrogen-bond donors (Lipinski definition) is 3. The van der Waals surface area contributed by atoms with E-state index in [1.54, 1.807) is 0 Å². The third kappa shape index (κ3) is 4.14. The minimum Gasteiger partial charge on any atom is -0.478 e. The Morgan fingerprint density at radius 2 is 2.11 bits per heavy atom. The van der Waals surface area contributed by atoms with Gasteiger partial charge in [-0.25, -0.2) is 9.79 Å². The number of aromatic carboxylic acids is 1. The molecule has 1 atom stereocenters. The molecule has 1 rings (SSSR count). The van der Waals surface area contributed by atoms with Crippen LogP contribution >= 0.6 is 12.6 Å². The van der Waals surface area contributed by atoms with Crippen LogP contribution in [0.25, 0.3) is 0 Å². The van der Waals surface area contributed by atoms with Crippen molar-refractivity contribution in [2.75, 3.05) is 0 Å². The number of carboxylic acids is 1. The van der Waals surface area contributed by atoms with E-state index in [0.29, 0.717) is 0 Å². The highest BCUT2D eigenvalue weighted by Gasteiger charge is 2.39. The molecule has 0 bridgehead atoms. The number of halogens is 3. The van der Waals surface area contributed by atoms with Crippen LogP contribution in [-0.2, 0) is 4.84 Å². The lowest BCUT2D eigenvalue weighted by molar-refractivity contribution is -0.0788. The highest BCUT2D eigenvalue weighted by atomic mass is 32.1. The van der Waals surface area contributed by atoms with Gasteiger partial charge in [-0.15, -0.1) is 12.6 Å². The van der Waals surface area contributed by atoms with Gasteiger partial charge in [0.15, 0.2) is 0 Å². The van der Waals surface area contributed by atoms with Gasteiger partial charge in [-0.3, -0.25) is 0 Å². The summed E-state index contributed by atoms with van der Waals surface area (Å²) < 4.78 is 37.0. The second-order valence-electron chi connectivity index (χ2n) is 3.35. The molecule has 0 aliphatic rings. The predicted molar refractivity (Wildman–Crippen MR) is 63.9 cm³/mol. The quantitative estimate of drug-likeness (QED) is 0.345. The maximum atomic E-state index is 12.3. The molecular weight excluding hydrogens is 285 g/mol. The van der Waals surface area contributed by atoms with E-state index in [2.05, 4.69) is 28.4 Å².